The Hall–Kier alpha value is -1.32. The summed E-state index contributed by atoms with van der Waals surface area (Å²) in [6.45, 7) is -1.45. The Bertz CT molecular complexity index is 223. The van der Waals surface area contributed by atoms with E-state index in [1.54, 1.807) is 0 Å². The number of alkyl halides is 4. The molecule has 1 N–H and O–H groups in total. The van der Waals surface area contributed by atoms with Crippen molar-refractivity contribution in [3.8, 4) is 6.07 Å². The number of nitrogens with zero attached hydrogens (tertiary/aromatic N) is 1. The molecule has 0 aliphatic carbocycles. The zero-order chi connectivity index (χ0) is 10.5. The Labute approximate surface area is 71.3 Å². The van der Waals surface area contributed by atoms with Crippen LogP contribution in [0.25, 0.3) is 0 Å². The van der Waals surface area contributed by atoms with Crippen LogP contribution in [0.5, 0.6) is 0 Å². The van der Waals surface area contributed by atoms with E-state index in [0.29, 0.717) is 0 Å². The zero-order valence-corrected chi connectivity index (χ0v) is 6.36. The van der Waals surface area contributed by atoms with E-state index in [1.165, 1.54) is 11.4 Å². The largest absolute Gasteiger partial charge is 0.349 e. The van der Waals surface area contributed by atoms with Gasteiger partial charge in [-0.25, -0.2) is 8.78 Å². The Morgan fingerprint density at radius 2 is 2.08 bits per heavy atom. The van der Waals surface area contributed by atoms with Crippen molar-refractivity contribution in [2.24, 2.45) is 0 Å². The molecule has 0 aliphatic rings. The van der Waals surface area contributed by atoms with Gasteiger partial charge in [-0.05, 0) is 0 Å². The van der Waals surface area contributed by atoms with Gasteiger partial charge in [-0.2, -0.15) is 14.0 Å². The van der Waals surface area contributed by atoms with Gasteiger partial charge in [0.25, 0.3) is 0 Å². The van der Waals surface area contributed by atoms with Crippen LogP contribution >= 0.6 is 0 Å². The van der Waals surface area contributed by atoms with Gasteiger partial charge in [-0.15, -0.1) is 0 Å². The van der Waals surface area contributed by atoms with Gasteiger partial charge in [-0.3, -0.25) is 4.79 Å². The van der Waals surface area contributed by atoms with Gasteiger partial charge in [-0.1, -0.05) is 0 Å². The zero-order valence-electron chi connectivity index (χ0n) is 6.36. The summed E-state index contributed by atoms with van der Waals surface area (Å²) in [5.74, 6) is -5.24. The molecule has 7 heteroatoms. The Morgan fingerprint density at radius 1 is 1.54 bits per heavy atom. The molecule has 0 aliphatic heterocycles. The fourth-order valence-electron chi connectivity index (χ4n) is 0.428. The molecule has 0 radical (unpaired) electrons. The molecule has 0 bridgehead atoms. The number of amides is 1. The lowest BCUT2D eigenvalue weighted by atomic mass is 10.3. The van der Waals surface area contributed by atoms with E-state index in [2.05, 4.69) is 0 Å². The lowest BCUT2D eigenvalue weighted by Gasteiger charge is -2.14. The number of hydrogen-bond acceptors (Lipinski definition) is 2. The van der Waals surface area contributed by atoms with E-state index in [-0.39, 0.29) is 0 Å². The molecular formula is C6H6F4N2O. The molecule has 3 nitrogen and oxygen atoms in total. The Morgan fingerprint density at radius 3 is 2.46 bits per heavy atom. The molecule has 0 fully saturated rings. The summed E-state index contributed by atoms with van der Waals surface area (Å²) in [7, 11) is 0. The van der Waals surface area contributed by atoms with E-state index in [0.717, 1.165) is 0 Å². The molecule has 0 rings (SSSR count). The maximum absolute atomic E-state index is 12.1. The minimum Gasteiger partial charge on any atom is -0.349 e. The summed E-state index contributed by atoms with van der Waals surface area (Å²) in [4.78, 5) is 10.4. The highest BCUT2D eigenvalue weighted by Crippen LogP contribution is 2.21. The minimum atomic E-state index is -4.24. The highest BCUT2D eigenvalue weighted by Gasteiger charge is 2.40. The lowest BCUT2D eigenvalue weighted by Crippen LogP contribution is -2.41. The van der Waals surface area contributed by atoms with Crippen LogP contribution in [0, 0.1) is 11.3 Å². The van der Waals surface area contributed by atoms with Crippen LogP contribution in [-0.4, -0.2) is 24.8 Å². The van der Waals surface area contributed by atoms with Gasteiger partial charge in [0.1, 0.15) is 6.42 Å². The second kappa shape index (κ2) is 4.64. The number of nitrogens with one attached hydrogen (secondary N) is 1. The van der Waals surface area contributed by atoms with Crippen LogP contribution in [0.2, 0.25) is 0 Å². The first-order chi connectivity index (χ1) is 5.90. The molecule has 0 aromatic rings. The molecule has 0 saturated heterocycles. The van der Waals surface area contributed by atoms with E-state index in [4.69, 9.17) is 5.26 Å². The second-order valence-electron chi connectivity index (χ2n) is 2.17. The van der Waals surface area contributed by atoms with E-state index in [1.807, 2.05) is 0 Å². The molecule has 0 heterocycles. The monoisotopic (exact) mass is 198 g/mol. The SMILES string of the molecule is N#CCC(=O)NCC(F)(F)C(F)F. The number of carbonyl (C=O) groups excluding carboxylic acids is 1. The van der Waals surface area contributed by atoms with Gasteiger partial charge in [0.15, 0.2) is 0 Å². The first-order valence-electron chi connectivity index (χ1n) is 3.20. The summed E-state index contributed by atoms with van der Waals surface area (Å²) in [5.41, 5.74) is 0. The molecule has 0 unspecified atom stereocenters. The molecule has 1 amide bonds. The lowest BCUT2D eigenvalue weighted by molar-refractivity contribution is -0.135. The Kier molecular flexibility index (Phi) is 4.17. The molecule has 0 aromatic heterocycles. The fourth-order valence-corrected chi connectivity index (χ4v) is 0.428. The van der Waals surface area contributed by atoms with Crippen LogP contribution in [0.1, 0.15) is 6.42 Å². The number of nitriles is 1. The van der Waals surface area contributed by atoms with Crippen molar-refractivity contribution in [1.29, 1.82) is 5.26 Å². The standard InChI is InChI=1S/C6H6F4N2O/c7-5(8)6(9,10)3-12-4(13)1-2-11/h5H,1,3H2,(H,12,13). The number of carbonyl (C=O) groups is 1. The quantitative estimate of drug-likeness (QED) is 0.683. The number of hydrogen-bond donors (Lipinski definition) is 1. The summed E-state index contributed by atoms with van der Waals surface area (Å²) < 4.78 is 47.2. The van der Waals surface area contributed by atoms with E-state index < -0.39 is 31.2 Å². The highest BCUT2D eigenvalue weighted by atomic mass is 19.3. The summed E-state index contributed by atoms with van der Waals surface area (Å²) in [5, 5.41) is 9.44. The van der Waals surface area contributed by atoms with Crippen molar-refractivity contribution in [2.75, 3.05) is 6.54 Å². The molecule has 74 valence electrons. The van der Waals surface area contributed by atoms with Crippen molar-refractivity contribution in [3.63, 3.8) is 0 Å². The number of halogens is 4. The molecule has 0 atom stereocenters. The third-order valence-electron chi connectivity index (χ3n) is 1.08. The average Bonchev–Trinajstić information content (AvgIpc) is 2.01. The molecule has 13 heavy (non-hydrogen) atoms. The summed E-state index contributed by atoms with van der Waals surface area (Å²) in [6.07, 6.45) is -4.45. The van der Waals surface area contributed by atoms with Crippen LogP contribution < -0.4 is 5.32 Å². The van der Waals surface area contributed by atoms with Crippen LogP contribution in [0.3, 0.4) is 0 Å². The van der Waals surface area contributed by atoms with Crippen LogP contribution in [0.15, 0.2) is 0 Å². The summed E-state index contributed by atoms with van der Waals surface area (Å²) >= 11 is 0. The first-order valence-corrected chi connectivity index (χ1v) is 3.20. The normalized spacial score (nSPS) is 11.1. The van der Waals surface area contributed by atoms with Crippen molar-refractivity contribution < 1.29 is 22.4 Å². The predicted octanol–water partition coefficient (Wildman–Crippen LogP) is 0.917. The molecule has 0 saturated carbocycles. The molecular weight excluding hydrogens is 192 g/mol. The summed E-state index contributed by atoms with van der Waals surface area (Å²) in [6, 6.07) is 1.39. The predicted molar refractivity (Wildman–Crippen MR) is 34.2 cm³/mol. The van der Waals surface area contributed by atoms with Crippen molar-refractivity contribution >= 4 is 5.91 Å². The van der Waals surface area contributed by atoms with Crippen molar-refractivity contribution in [1.82, 2.24) is 5.32 Å². The maximum Gasteiger partial charge on any atom is 0.324 e. The smallest absolute Gasteiger partial charge is 0.324 e. The van der Waals surface area contributed by atoms with Gasteiger partial charge in [0.2, 0.25) is 5.91 Å². The first kappa shape index (κ1) is 11.7. The number of rotatable bonds is 4. The fraction of sp³-hybridized carbons (Fsp3) is 0.667. The van der Waals surface area contributed by atoms with Gasteiger partial charge in [0.05, 0.1) is 12.6 Å². The van der Waals surface area contributed by atoms with E-state index >= 15 is 0 Å². The molecule has 0 aromatic carbocycles. The highest BCUT2D eigenvalue weighted by molar-refractivity contribution is 5.77. The van der Waals surface area contributed by atoms with Gasteiger partial charge >= 0.3 is 12.3 Å². The average molecular weight is 198 g/mol. The third-order valence-corrected chi connectivity index (χ3v) is 1.08. The second-order valence-corrected chi connectivity index (χ2v) is 2.17. The maximum atomic E-state index is 12.1. The van der Waals surface area contributed by atoms with Crippen molar-refractivity contribution in [2.45, 2.75) is 18.8 Å². The van der Waals surface area contributed by atoms with Crippen molar-refractivity contribution in [3.05, 3.63) is 0 Å². The minimum absolute atomic E-state index is 0.626. The van der Waals surface area contributed by atoms with Crippen LogP contribution in [0.4, 0.5) is 17.6 Å². The van der Waals surface area contributed by atoms with Gasteiger partial charge in [0, 0.05) is 0 Å². The van der Waals surface area contributed by atoms with Gasteiger partial charge < -0.3 is 5.32 Å². The Balaban J connectivity index is 3.89. The molecule has 0 spiro atoms. The van der Waals surface area contributed by atoms with E-state index in [9.17, 15) is 22.4 Å². The third kappa shape index (κ3) is 4.30. The van der Waals surface area contributed by atoms with Crippen LogP contribution in [-0.2, 0) is 4.79 Å². The topological polar surface area (TPSA) is 52.9 Å².